The van der Waals surface area contributed by atoms with E-state index in [1.54, 1.807) is 33.9 Å². The summed E-state index contributed by atoms with van der Waals surface area (Å²) in [7, 11) is 1.70. The van der Waals surface area contributed by atoms with Crippen LogP contribution in [0.5, 0.6) is 0 Å². The minimum absolute atomic E-state index is 0.0344. The minimum Gasteiger partial charge on any atom is -0.455 e. The average Bonchev–Trinajstić information content (AvgIpc) is 3.83. The first kappa shape index (κ1) is 37.9. The largest absolute Gasteiger partial charge is 0.455 e. The van der Waals surface area contributed by atoms with E-state index in [0.29, 0.717) is 44.2 Å². The van der Waals surface area contributed by atoms with Gasteiger partial charge in [-0.1, -0.05) is 72.8 Å². The number of rotatable bonds is 17. The van der Waals surface area contributed by atoms with Gasteiger partial charge in [-0.25, -0.2) is 0 Å². The van der Waals surface area contributed by atoms with Gasteiger partial charge in [-0.05, 0) is 73.9 Å². The Morgan fingerprint density at radius 2 is 1.75 bits per heavy atom. The normalized spacial score (nSPS) is 24.1. The molecule has 10 heteroatoms. The number of carbonyl (C=O) groups excluding carboxylic acids is 4. The third kappa shape index (κ3) is 7.27. The number of allylic oxidation sites excluding steroid dienone is 1. The maximum atomic E-state index is 15.0. The molecule has 3 amide bonds. The molecule has 0 unspecified atom stereocenters. The second kappa shape index (κ2) is 16.5. The van der Waals surface area contributed by atoms with Crippen LogP contribution in [0.2, 0.25) is 0 Å². The van der Waals surface area contributed by atoms with E-state index in [4.69, 9.17) is 9.47 Å². The molecule has 7 atom stereocenters. The molecule has 1 N–H and O–H groups in total. The molecule has 6 rings (SSSR count). The van der Waals surface area contributed by atoms with Gasteiger partial charge in [-0.3, -0.25) is 19.2 Å². The van der Waals surface area contributed by atoms with Gasteiger partial charge in [-0.15, -0.1) is 13.2 Å². The Kier molecular flexibility index (Phi) is 11.8. The second-order valence-electron chi connectivity index (χ2n) is 14.5. The molecule has 53 heavy (non-hydrogen) atoms. The Morgan fingerprint density at radius 3 is 2.47 bits per heavy atom. The molecule has 3 heterocycles. The number of aliphatic hydroxyl groups excluding tert-OH is 1. The number of benzene rings is 3. The molecule has 0 aromatic heterocycles. The minimum atomic E-state index is -1.22. The fourth-order valence-corrected chi connectivity index (χ4v) is 8.58. The fraction of sp³-hybridized carbons (Fsp3) is 0.442. The smallest absolute Gasteiger partial charge is 0.313 e. The molecule has 0 aliphatic carbocycles. The number of unbranched alkanes of at least 4 members (excludes halogenated alkanes) is 2. The summed E-state index contributed by atoms with van der Waals surface area (Å²) in [6.07, 6.45) is 5.53. The van der Waals surface area contributed by atoms with Crippen LogP contribution in [0.4, 0.5) is 5.69 Å². The van der Waals surface area contributed by atoms with E-state index in [1.807, 2.05) is 79.7 Å². The number of ether oxygens (including phenoxy) is 2. The Balaban J connectivity index is 1.33. The molecular formula is C43H51N3O7. The number of aliphatic hydroxyl groups is 1. The van der Waals surface area contributed by atoms with Crippen LogP contribution in [0.3, 0.4) is 0 Å². The van der Waals surface area contributed by atoms with E-state index in [2.05, 4.69) is 13.2 Å². The molecule has 3 aromatic carbocycles. The van der Waals surface area contributed by atoms with Crippen molar-refractivity contribution in [1.29, 1.82) is 0 Å². The number of hydrogen-bond donors (Lipinski definition) is 1. The third-order valence-electron chi connectivity index (χ3n) is 11.4. The lowest BCUT2D eigenvalue weighted by Crippen LogP contribution is -2.56. The maximum Gasteiger partial charge on any atom is 0.313 e. The number of likely N-dealkylation sites (tertiary alicyclic amines) is 1. The van der Waals surface area contributed by atoms with Crippen LogP contribution in [0, 0.1) is 11.8 Å². The highest BCUT2D eigenvalue weighted by Crippen LogP contribution is 2.59. The van der Waals surface area contributed by atoms with E-state index in [9.17, 15) is 24.3 Å². The van der Waals surface area contributed by atoms with Crippen LogP contribution in [-0.2, 0) is 28.7 Å². The van der Waals surface area contributed by atoms with Crippen molar-refractivity contribution in [2.45, 2.75) is 81.8 Å². The number of carbonyl (C=O) groups is 4. The molecule has 3 aliphatic rings. The summed E-state index contributed by atoms with van der Waals surface area (Å²) in [6, 6.07) is 21.6. The van der Waals surface area contributed by atoms with Crippen LogP contribution in [-0.4, -0.2) is 89.1 Å². The van der Waals surface area contributed by atoms with Gasteiger partial charge in [0.15, 0.2) is 0 Å². The Morgan fingerprint density at radius 1 is 1.02 bits per heavy atom. The summed E-state index contributed by atoms with van der Waals surface area (Å²) in [5.74, 6) is -3.10. The van der Waals surface area contributed by atoms with E-state index in [1.165, 1.54) is 0 Å². The van der Waals surface area contributed by atoms with Crippen LogP contribution in [0.25, 0.3) is 10.8 Å². The van der Waals surface area contributed by atoms with E-state index < -0.39 is 47.7 Å². The number of amides is 3. The molecule has 3 saturated heterocycles. The van der Waals surface area contributed by atoms with Gasteiger partial charge < -0.3 is 29.3 Å². The number of esters is 1. The summed E-state index contributed by atoms with van der Waals surface area (Å²) in [5, 5.41) is 11.5. The molecule has 2 bridgehead atoms. The van der Waals surface area contributed by atoms with Crippen molar-refractivity contribution in [3.8, 4) is 0 Å². The van der Waals surface area contributed by atoms with Crippen molar-refractivity contribution in [3.63, 3.8) is 0 Å². The monoisotopic (exact) mass is 721 g/mol. The van der Waals surface area contributed by atoms with Crippen molar-refractivity contribution in [1.82, 2.24) is 9.80 Å². The molecule has 0 saturated carbocycles. The number of anilines is 1. The number of nitrogens with zero attached hydrogens (tertiary/aromatic N) is 3. The fourth-order valence-electron chi connectivity index (χ4n) is 8.58. The second-order valence-corrected chi connectivity index (χ2v) is 14.5. The van der Waals surface area contributed by atoms with Gasteiger partial charge in [0, 0.05) is 38.9 Å². The first-order valence-electron chi connectivity index (χ1n) is 18.8. The predicted octanol–water partition coefficient (Wildman–Crippen LogP) is 5.99. The third-order valence-corrected chi connectivity index (χ3v) is 11.4. The maximum absolute atomic E-state index is 15.0. The number of fused-ring (bicyclic) bond motifs is 2. The van der Waals surface area contributed by atoms with Gasteiger partial charge in [-0.2, -0.15) is 0 Å². The van der Waals surface area contributed by atoms with Crippen molar-refractivity contribution >= 4 is 40.2 Å². The van der Waals surface area contributed by atoms with Crippen molar-refractivity contribution < 1.29 is 33.8 Å². The molecule has 280 valence electrons. The van der Waals surface area contributed by atoms with E-state index in [-0.39, 0.29) is 43.8 Å². The van der Waals surface area contributed by atoms with E-state index >= 15 is 0 Å². The summed E-state index contributed by atoms with van der Waals surface area (Å²) < 4.78 is 13.1. The van der Waals surface area contributed by atoms with Crippen LogP contribution in [0.1, 0.15) is 63.5 Å². The zero-order valence-electron chi connectivity index (χ0n) is 30.8. The summed E-state index contributed by atoms with van der Waals surface area (Å²) in [5.41, 5.74) is 0.180. The molecule has 3 aromatic rings. The van der Waals surface area contributed by atoms with Crippen LogP contribution >= 0.6 is 0 Å². The van der Waals surface area contributed by atoms with Crippen LogP contribution in [0.15, 0.2) is 98.1 Å². The van der Waals surface area contributed by atoms with Crippen molar-refractivity contribution in [3.05, 3.63) is 104 Å². The van der Waals surface area contributed by atoms with E-state index in [0.717, 1.165) is 16.3 Å². The average molecular weight is 722 g/mol. The first-order chi connectivity index (χ1) is 25.7. The highest BCUT2D eigenvalue weighted by atomic mass is 16.6. The number of likely N-dealkylation sites (N-methyl/N-ethyl adjacent to an activating group) is 1. The Hall–Kier alpha value is -4.80. The molecule has 3 fully saturated rings. The summed E-state index contributed by atoms with van der Waals surface area (Å²) >= 11 is 0. The standard InChI is InChI=1S/C43H51N3O7/c1-5-7-20-35(48)44(4)29(3)38(31-17-10-8-11-18-31)52-42(51)36-34-23-24-43(53-34)37(36)40(49)46(26-14-9-15-27-47)39(43)41(50)45(25-6-2)33-22-21-30-16-12-13-19-32(30)28-33/h5-6,8,10-13,16-19,21-22,28-29,34,36-39,47H,1-2,7,9,14-15,20,23-27H2,3-4H3/t29-,34-,36+,37+,38+,39-,43+/m0/s1. The molecule has 0 radical (unpaired) electrons. The van der Waals surface area contributed by atoms with Gasteiger partial charge in [0.25, 0.3) is 5.91 Å². The van der Waals surface area contributed by atoms with Gasteiger partial charge in [0.2, 0.25) is 11.8 Å². The highest BCUT2D eigenvalue weighted by molar-refractivity contribution is 6.05. The summed E-state index contributed by atoms with van der Waals surface area (Å²) in [4.78, 5) is 62.1. The zero-order valence-corrected chi connectivity index (χ0v) is 30.8. The molecule has 3 aliphatic heterocycles. The molecule has 10 nitrogen and oxygen atoms in total. The van der Waals surface area contributed by atoms with Crippen molar-refractivity contribution in [2.75, 3.05) is 31.6 Å². The summed E-state index contributed by atoms with van der Waals surface area (Å²) in [6.45, 7) is 10.0. The lowest BCUT2D eigenvalue weighted by atomic mass is 9.70. The lowest BCUT2D eigenvalue weighted by Gasteiger charge is -2.37. The highest BCUT2D eigenvalue weighted by Gasteiger charge is 2.75. The van der Waals surface area contributed by atoms with Gasteiger partial charge in [0.1, 0.15) is 17.7 Å². The quantitative estimate of drug-likeness (QED) is 0.103. The lowest BCUT2D eigenvalue weighted by molar-refractivity contribution is -0.164. The van der Waals surface area contributed by atoms with Crippen LogP contribution < -0.4 is 4.90 Å². The van der Waals surface area contributed by atoms with Crippen molar-refractivity contribution in [2.24, 2.45) is 11.8 Å². The van der Waals surface area contributed by atoms with Gasteiger partial charge >= 0.3 is 5.97 Å². The first-order valence-corrected chi connectivity index (χ1v) is 18.8. The predicted molar refractivity (Wildman–Crippen MR) is 204 cm³/mol. The SMILES string of the molecule is C=CCCC(=O)N(C)[C@@H](C)[C@@H](OC(=O)[C@@H]1[C@@H]2CC[C@]3(O2)[C@H](C(=O)N(CC=C)c2ccc4ccccc4c2)N(CCCCCO)C(=O)[C@@H]13)c1ccccc1. The topological polar surface area (TPSA) is 117 Å². The molecule has 1 spiro atoms. The van der Waals surface area contributed by atoms with Gasteiger partial charge in [0.05, 0.1) is 24.0 Å². The Labute approximate surface area is 312 Å². The zero-order chi connectivity index (χ0) is 37.7. The number of hydrogen-bond acceptors (Lipinski definition) is 7. The Bertz CT molecular complexity index is 1830. The molecular weight excluding hydrogens is 670 g/mol.